The topological polar surface area (TPSA) is 174 Å². The van der Waals surface area contributed by atoms with E-state index in [0.29, 0.717) is 13.0 Å². The van der Waals surface area contributed by atoms with Crippen LogP contribution in [0.3, 0.4) is 0 Å². The summed E-state index contributed by atoms with van der Waals surface area (Å²) in [7, 11) is 1.28. The highest BCUT2D eigenvalue weighted by atomic mass is 16.8. The molecule has 5 unspecified atom stereocenters. The van der Waals surface area contributed by atoms with Gasteiger partial charge in [0.25, 0.3) is 0 Å². The molecule has 0 bridgehead atoms. The van der Waals surface area contributed by atoms with E-state index >= 15 is 0 Å². The summed E-state index contributed by atoms with van der Waals surface area (Å²) in [6.45, 7) is 0.389. The highest BCUT2D eigenvalue weighted by molar-refractivity contribution is 5.89. The van der Waals surface area contributed by atoms with Crippen LogP contribution >= 0.6 is 0 Å². The highest BCUT2D eigenvalue weighted by Gasteiger charge is 2.52. The molecule has 12 heteroatoms. The van der Waals surface area contributed by atoms with E-state index in [1.54, 1.807) is 0 Å². The zero-order valence-corrected chi connectivity index (χ0v) is 21.4. The number of benzene rings is 1. The molecule has 10 atom stereocenters. The van der Waals surface area contributed by atoms with Crippen LogP contribution in [-0.4, -0.2) is 111 Å². The SMILES string of the molecule is COC(=O)C1=COC(O[C@@H]2O[C@H](CO)[C@@H](O)[C@@H](O)[C@H]2O)C2C(O)CN3CCc4c([nH]c5ccccc45)C3CC12. The van der Waals surface area contributed by atoms with Crippen LogP contribution in [0, 0.1) is 11.8 Å². The maximum absolute atomic E-state index is 12.8. The number of carbonyl (C=O) groups is 1. The van der Waals surface area contributed by atoms with Gasteiger partial charge in [-0.25, -0.2) is 4.79 Å². The number of aliphatic hydroxyl groups excluding tert-OH is 5. The van der Waals surface area contributed by atoms with Gasteiger partial charge in [-0.05, 0) is 24.5 Å². The Balaban J connectivity index is 1.34. The molecule has 6 N–H and O–H groups in total. The summed E-state index contributed by atoms with van der Waals surface area (Å²) < 4.78 is 22.3. The van der Waals surface area contributed by atoms with Crippen molar-refractivity contribution in [3.63, 3.8) is 0 Å². The van der Waals surface area contributed by atoms with Crippen molar-refractivity contribution in [3.8, 4) is 0 Å². The lowest BCUT2D eigenvalue weighted by Gasteiger charge is -2.44. The van der Waals surface area contributed by atoms with Crippen LogP contribution in [0.5, 0.6) is 0 Å². The molecule has 0 radical (unpaired) electrons. The van der Waals surface area contributed by atoms with Gasteiger partial charge in [-0.2, -0.15) is 0 Å². The molecule has 212 valence electrons. The summed E-state index contributed by atoms with van der Waals surface area (Å²) in [5.74, 6) is -1.87. The number of rotatable bonds is 4. The normalized spacial score (nSPS) is 38.6. The first-order valence-corrected chi connectivity index (χ1v) is 13.2. The average Bonchev–Trinajstić information content (AvgIpc) is 3.25. The maximum atomic E-state index is 12.8. The number of nitrogens with one attached hydrogen (secondary N) is 1. The second-order valence-electron chi connectivity index (χ2n) is 10.7. The van der Waals surface area contributed by atoms with Gasteiger partial charge in [0.15, 0.2) is 6.29 Å². The van der Waals surface area contributed by atoms with Crippen molar-refractivity contribution in [2.24, 2.45) is 11.8 Å². The third-order valence-corrected chi connectivity index (χ3v) is 8.66. The molecule has 0 amide bonds. The zero-order chi connectivity index (χ0) is 27.4. The minimum Gasteiger partial charge on any atom is -0.471 e. The predicted octanol–water partition coefficient (Wildman–Crippen LogP) is -0.706. The number of para-hydroxylation sites is 1. The van der Waals surface area contributed by atoms with Crippen LogP contribution in [0.1, 0.15) is 23.7 Å². The number of methoxy groups -OCH3 is 1. The second kappa shape index (κ2) is 10.5. The summed E-state index contributed by atoms with van der Waals surface area (Å²) in [5, 5.41) is 53.1. The number of fused-ring (bicyclic) bond motifs is 6. The fourth-order valence-electron chi connectivity index (χ4n) is 6.66. The summed E-state index contributed by atoms with van der Waals surface area (Å²) in [6, 6.07) is 7.99. The number of carbonyl (C=O) groups excluding carboxylic acids is 1. The Kier molecular flexibility index (Phi) is 7.14. The summed E-state index contributed by atoms with van der Waals surface area (Å²) in [5.41, 5.74) is 3.58. The van der Waals surface area contributed by atoms with Crippen molar-refractivity contribution in [3.05, 3.63) is 47.4 Å². The predicted molar refractivity (Wildman–Crippen MR) is 134 cm³/mol. The quantitative estimate of drug-likeness (QED) is 0.268. The van der Waals surface area contributed by atoms with E-state index in [9.17, 15) is 30.3 Å². The lowest BCUT2D eigenvalue weighted by molar-refractivity contribution is -0.345. The summed E-state index contributed by atoms with van der Waals surface area (Å²) in [6.07, 6.45) is -7.06. The first kappa shape index (κ1) is 26.7. The third-order valence-electron chi connectivity index (χ3n) is 8.66. The number of ether oxygens (including phenoxy) is 4. The molecule has 1 aromatic carbocycles. The minimum absolute atomic E-state index is 0.120. The first-order chi connectivity index (χ1) is 18.8. The van der Waals surface area contributed by atoms with Crippen LogP contribution < -0.4 is 0 Å². The third kappa shape index (κ3) is 4.45. The first-order valence-electron chi connectivity index (χ1n) is 13.2. The van der Waals surface area contributed by atoms with Crippen molar-refractivity contribution >= 4 is 16.9 Å². The standard InChI is InChI=1S/C27H34N2O10/c1-36-25(35)15-11-37-26(39-27-24(34)23(33)22(32)19(10-30)38-27)20-14(15)8-17-21-13(6-7-29(17)9-18(20)31)12-4-2-3-5-16(12)28-21/h2-5,11,14,17-20,22-24,26-28,30-34H,6-10H2,1H3/t14?,17?,18?,19-,20?,22-,23-,24-,26?,27+/m1/s1. The van der Waals surface area contributed by atoms with Gasteiger partial charge in [-0.1, -0.05) is 18.2 Å². The molecular weight excluding hydrogens is 512 g/mol. The second-order valence-corrected chi connectivity index (χ2v) is 10.7. The molecule has 1 aromatic heterocycles. The van der Waals surface area contributed by atoms with Crippen LogP contribution in [0.25, 0.3) is 10.9 Å². The molecule has 6 rings (SSSR count). The van der Waals surface area contributed by atoms with E-state index < -0.39 is 67.5 Å². The fourth-order valence-corrected chi connectivity index (χ4v) is 6.66. The molecule has 4 aliphatic heterocycles. The number of esters is 1. The Bertz CT molecular complexity index is 1250. The summed E-state index contributed by atoms with van der Waals surface area (Å²) >= 11 is 0. The van der Waals surface area contributed by atoms with E-state index in [-0.39, 0.29) is 18.2 Å². The molecule has 12 nitrogen and oxygen atoms in total. The fraction of sp³-hybridized carbons (Fsp3) is 0.593. The van der Waals surface area contributed by atoms with Crippen molar-refractivity contribution < 1.29 is 49.3 Å². The van der Waals surface area contributed by atoms with Crippen LogP contribution in [-0.2, 0) is 30.2 Å². The van der Waals surface area contributed by atoms with E-state index in [1.807, 2.05) is 18.2 Å². The number of hydrogen-bond acceptors (Lipinski definition) is 11. The minimum atomic E-state index is -1.64. The molecule has 2 aromatic rings. The van der Waals surface area contributed by atoms with E-state index in [1.165, 1.54) is 18.9 Å². The number of nitrogens with zero attached hydrogens (tertiary/aromatic N) is 1. The Morgan fingerprint density at radius 2 is 1.92 bits per heavy atom. The van der Waals surface area contributed by atoms with Crippen LogP contribution in [0.2, 0.25) is 0 Å². The molecular formula is C27H34N2O10. The van der Waals surface area contributed by atoms with Crippen molar-refractivity contribution in [2.75, 3.05) is 26.8 Å². The van der Waals surface area contributed by atoms with Crippen molar-refractivity contribution in [2.45, 2.75) is 62.0 Å². The zero-order valence-electron chi connectivity index (χ0n) is 21.4. The highest BCUT2D eigenvalue weighted by Crippen LogP contribution is 2.47. The van der Waals surface area contributed by atoms with Gasteiger partial charge in [-0.15, -0.1) is 0 Å². The van der Waals surface area contributed by atoms with Gasteiger partial charge in [0.2, 0.25) is 6.29 Å². The number of aromatic amines is 1. The Hall–Kier alpha value is -2.55. The average molecular weight is 547 g/mol. The van der Waals surface area contributed by atoms with Gasteiger partial charge < -0.3 is 49.5 Å². The van der Waals surface area contributed by atoms with Crippen molar-refractivity contribution in [1.82, 2.24) is 9.88 Å². The molecule has 4 aliphatic rings. The number of H-pyrrole nitrogens is 1. The lowest BCUT2D eigenvalue weighted by atomic mass is 9.77. The van der Waals surface area contributed by atoms with Crippen molar-refractivity contribution in [1.29, 1.82) is 0 Å². The monoisotopic (exact) mass is 546 g/mol. The van der Waals surface area contributed by atoms with Crippen LogP contribution in [0.4, 0.5) is 0 Å². The molecule has 5 heterocycles. The summed E-state index contributed by atoms with van der Waals surface area (Å²) in [4.78, 5) is 18.6. The largest absolute Gasteiger partial charge is 0.471 e. The van der Waals surface area contributed by atoms with Gasteiger partial charge in [-0.3, -0.25) is 4.90 Å². The molecule has 0 aliphatic carbocycles. The molecule has 2 saturated heterocycles. The smallest absolute Gasteiger partial charge is 0.337 e. The molecule has 0 spiro atoms. The number of aromatic nitrogens is 1. The number of hydrogen-bond donors (Lipinski definition) is 6. The van der Waals surface area contributed by atoms with Crippen LogP contribution in [0.15, 0.2) is 36.1 Å². The molecule has 39 heavy (non-hydrogen) atoms. The number of aliphatic hydroxyl groups is 5. The van der Waals surface area contributed by atoms with E-state index in [2.05, 4.69) is 16.0 Å². The lowest BCUT2D eigenvalue weighted by Crippen LogP contribution is -2.60. The Morgan fingerprint density at radius 1 is 1.13 bits per heavy atom. The van der Waals surface area contributed by atoms with Gasteiger partial charge >= 0.3 is 5.97 Å². The molecule has 0 saturated carbocycles. The van der Waals surface area contributed by atoms with Gasteiger partial charge in [0.05, 0.1) is 43.6 Å². The molecule has 2 fully saturated rings. The maximum Gasteiger partial charge on any atom is 0.337 e. The Morgan fingerprint density at radius 3 is 2.69 bits per heavy atom. The van der Waals surface area contributed by atoms with Gasteiger partial charge in [0, 0.05) is 35.6 Å². The van der Waals surface area contributed by atoms with E-state index in [4.69, 9.17) is 18.9 Å². The van der Waals surface area contributed by atoms with E-state index in [0.717, 1.165) is 23.0 Å². The van der Waals surface area contributed by atoms with Gasteiger partial charge in [0.1, 0.15) is 24.4 Å². The Labute approximate surface area is 224 Å².